The van der Waals surface area contributed by atoms with Crippen LogP contribution in [0.4, 0.5) is 0 Å². The summed E-state index contributed by atoms with van der Waals surface area (Å²) in [5, 5.41) is 103. The Hall–Kier alpha value is -10.8. The Balaban J connectivity index is 0.675. The van der Waals surface area contributed by atoms with Crippen molar-refractivity contribution in [2.45, 2.75) is 234 Å². The minimum absolute atomic E-state index is 0.104. The molecule has 8 aromatic carbocycles. The molecule has 16 aliphatic carbocycles. The Morgan fingerprint density at radius 3 is 0.868 bits per heavy atom. The van der Waals surface area contributed by atoms with Gasteiger partial charge in [0.25, 0.3) is 0 Å². The van der Waals surface area contributed by atoms with Crippen molar-refractivity contribution in [3.8, 4) is 69.0 Å². The molecule has 8 N–H and O–H groups in total. The first kappa shape index (κ1) is 85.0. The van der Waals surface area contributed by atoms with Crippen LogP contribution >= 0.6 is 0 Å². The number of phenolic OH excluding ortho intramolecular Hbond substituents is 8. The zero-order valence-electron chi connectivity index (χ0n) is 74.4. The molecule has 0 saturated heterocycles. The molecule has 0 heterocycles. The van der Waals surface area contributed by atoms with E-state index in [1.807, 2.05) is 0 Å². The van der Waals surface area contributed by atoms with Crippen LogP contribution < -0.4 is 18.9 Å². The van der Waals surface area contributed by atoms with E-state index in [-0.39, 0.29) is 82.8 Å². The minimum atomic E-state index is -1.24. The quantitative estimate of drug-likeness (QED) is 0.0206. The van der Waals surface area contributed by atoms with Gasteiger partial charge in [-0.05, 0) is 332 Å². The Bertz CT molecular complexity index is 5340. The zero-order chi connectivity index (χ0) is 88.8. The summed E-state index contributed by atoms with van der Waals surface area (Å²) in [6, 6.07) is 38.4. The molecule has 129 heavy (non-hydrogen) atoms. The second-order valence-electron chi connectivity index (χ2n) is 41.7. The van der Waals surface area contributed by atoms with E-state index in [0.29, 0.717) is 128 Å². The number of carbonyl (C=O) groups excluding carboxylic acids is 4. The number of fused-ring (bicyclic) bond motifs is 10. The third-order valence-electron chi connectivity index (χ3n) is 35.2. The highest BCUT2D eigenvalue weighted by atomic mass is 16.6. The average Bonchev–Trinajstić information content (AvgIpc) is 0.747. The third-order valence-corrected chi connectivity index (χ3v) is 35.2. The summed E-state index contributed by atoms with van der Waals surface area (Å²) >= 11 is 0. The number of hydrogen-bond acceptors (Lipinski definition) is 20. The van der Waals surface area contributed by atoms with E-state index in [1.165, 1.54) is 62.8 Å². The third kappa shape index (κ3) is 15.0. The molecule has 15 saturated carbocycles. The summed E-state index contributed by atoms with van der Waals surface area (Å²) in [6.45, 7) is 7.07. The van der Waals surface area contributed by atoms with Gasteiger partial charge < -0.3 is 78.7 Å². The van der Waals surface area contributed by atoms with E-state index in [0.717, 1.165) is 122 Å². The largest absolute Gasteiger partial charge is 0.507 e. The molecule has 8 aromatic rings. The van der Waals surface area contributed by atoms with Gasteiger partial charge in [0.1, 0.15) is 91.4 Å². The SMILES string of the molecule is CCC1C2CC3CC(C2)CC1(OC(=O)COc1ccc(C2c4cc(c(O)cc4O)C(c4ccc(OCC(=O)OC5(CC)C6CC7CC(C6)CC5C7)cc4)c4cc(c(O)cc4O)C(c4ccc(OCC(=O)OC5(CC)C6CC7CC(C6)CC5C7)cc4)c4cc(c(O)cc4O)C(c4ccc(OCC(=O)OC5(CC)C6CCC7CCC(C6)CC75)cc4)c4cc2c(O)cc4O)cc1)C3. The number of hydrogen-bond donors (Lipinski definition) is 8. The molecule has 0 spiro atoms. The number of ether oxygens (including phenoxy) is 8. The fourth-order valence-corrected chi connectivity index (χ4v) is 30.5. The van der Waals surface area contributed by atoms with Gasteiger partial charge in [0.15, 0.2) is 26.4 Å². The highest BCUT2D eigenvalue weighted by Crippen LogP contribution is 2.66. The van der Waals surface area contributed by atoms with E-state index in [1.54, 1.807) is 121 Å². The smallest absolute Gasteiger partial charge is 0.344 e. The lowest BCUT2D eigenvalue weighted by Crippen LogP contribution is -2.59. The molecular weight excluding hydrogens is 1630 g/mol. The average molecular weight is 1750 g/mol. The van der Waals surface area contributed by atoms with Crippen LogP contribution in [0.2, 0.25) is 0 Å². The lowest BCUT2D eigenvalue weighted by Gasteiger charge is -2.60. The molecule has 0 radical (unpaired) electrons. The van der Waals surface area contributed by atoms with Crippen LogP contribution in [0.15, 0.2) is 146 Å². The van der Waals surface area contributed by atoms with Gasteiger partial charge in [-0.1, -0.05) is 82.6 Å². The molecule has 12 unspecified atom stereocenters. The number of aromatic hydroxyl groups is 8. The molecule has 12 atom stereocenters. The number of carbonyl (C=O) groups is 4. The molecule has 16 aliphatic rings. The Labute approximate surface area is 754 Å². The highest BCUT2D eigenvalue weighted by molar-refractivity contribution is 5.75. The highest BCUT2D eigenvalue weighted by Gasteiger charge is 2.63. The van der Waals surface area contributed by atoms with Crippen molar-refractivity contribution < 1.29 is 97.9 Å². The van der Waals surface area contributed by atoms with Gasteiger partial charge in [-0.2, -0.15) is 0 Å². The van der Waals surface area contributed by atoms with Gasteiger partial charge in [0.05, 0.1) is 0 Å². The first-order valence-electron chi connectivity index (χ1n) is 48.4. The van der Waals surface area contributed by atoms with Crippen LogP contribution in [0.25, 0.3) is 0 Å². The van der Waals surface area contributed by atoms with Crippen molar-refractivity contribution in [2.24, 2.45) is 94.7 Å². The molecule has 24 rings (SSSR count). The molecule has 0 amide bonds. The van der Waals surface area contributed by atoms with Crippen LogP contribution in [0.3, 0.4) is 0 Å². The Kier molecular flexibility index (Phi) is 21.9. The summed E-state index contributed by atoms with van der Waals surface area (Å²) in [5.74, 6) is -1.59. The molecule has 15 fully saturated rings. The molecule has 678 valence electrons. The van der Waals surface area contributed by atoms with Gasteiger partial charge in [-0.15, -0.1) is 0 Å². The summed E-state index contributed by atoms with van der Waals surface area (Å²) in [4.78, 5) is 56.8. The van der Waals surface area contributed by atoms with Gasteiger partial charge in [-0.25, -0.2) is 19.2 Å². The lowest BCUT2D eigenvalue weighted by molar-refractivity contribution is -0.212. The van der Waals surface area contributed by atoms with Crippen LogP contribution in [-0.2, 0) is 38.1 Å². The van der Waals surface area contributed by atoms with Gasteiger partial charge >= 0.3 is 23.9 Å². The first-order valence-corrected chi connectivity index (χ1v) is 48.4. The standard InChI is InChI=1S/C109H122O20/c1-5-88-70-32-63-31-64(33-70)53-106(88,52-63)126-98(118)54-122-76-21-12-66(13-22-76)102-80-44-82(92(112)48-90(80)110)103(67-14-23-77(24-15-67)123-55-99(119)127-107(6-2)72-35-59-29-60(37-72)38-73(107)36-59)83-46-84(94(114)50-93(83)113)104(68-16-25-78(26-17-68)124-56-100(120)128-108(7-3)74-39-61-30-62(41-74)42-75(108)40-61)85-47-87(97(117)51-95(85)115)105(86-45-81(102)91(111)49-96(86)116)69-18-27-79(28-19-69)125-57-101(121)129-109(8-4)71-20-11-65-10-9-58(34-71)43-89(65)109/h12-19,21-28,44-51,58-65,70-75,88-89,102-105,110-117H,5-11,20,29-43,52-57H2,1-4H3. The molecular formula is C109H122O20. The van der Waals surface area contributed by atoms with Crippen molar-refractivity contribution in [1.29, 1.82) is 0 Å². The number of esters is 4. The zero-order valence-corrected chi connectivity index (χ0v) is 74.4. The topological polar surface area (TPSA) is 304 Å². The maximum Gasteiger partial charge on any atom is 0.344 e. The van der Waals surface area contributed by atoms with Crippen LogP contribution in [0.1, 0.15) is 279 Å². The van der Waals surface area contributed by atoms with E-state index < -0.39 is 116 Å². The second kappa shape index (κ2) is 33.3. The molecule has 20 nitrogen and oxygen atoms in total. The van der Waals surface area contributed by atoms with E-state index in [4.69, 9.17) is 37.9 Å². The van der Waals surface area contributed by atoms with Crippen molar-refractivity contribution >= 4 is 23.9 Å². The summed E-state index contributed by atoms with van der Waals surface area (Å²) in [5.41, 5.74) is 0.361. The Morgan fingerprint density at radius 2 is 0.566 bits per heavy atom. The number of benzene rings is 8. The fraction of sp³-hybridized carbons (Fsp3) is 0.523. The fourth-order valence-electron chi connectivity index (χ4n) is 30.5. The summed E-state index contributed by atoms with van der Waals surface area (Å²) in [7, 11) is 0. The van der Waals surface area contributed by atoms with Crippen LogP contribution in [0.5, 0.6) is 69.0 Å². The monoisotopic (exact) mass is 1750 g/mol. The summed E-state index contributed by atoms with van der Waals surface area (Å²) in [6.07, 6.45) is 25.9. The molecule has 23 bridgehead atoms. The maximum absolute atomic E-state index is 14.3. The van der Waals surface area contributed by atoms with E-state index >= 15 is 0 Å². The van der Waals surface area contributed by atoms with Crippen molar-refractivity contribution in [1.82, 2.24) is 0 Å². The van der Waals surface area contributed by atoms with Crippen LogP contribution in [0, 0.1) is 94.7 Å². The summed E-state index contributed by atoms with van der Waals surface area (Å²) < 4.78 is 51.6. The van der Waals surface area contributed by atoms with Crippen molar-refractivity contribution in [3.05, 3.63) is 212 Å². The van der Waals surface area contributed by atoms with Gasteiger partial charge in [0.2, 0.25) is 0 Å². The maximum atomic E-state index is 14.3. The minimum Gasteiger partial charge on any atom is -0.507 e. The van der Waals surface area contributed by atoms with Crippen molar-refractivity contribution in [3.63, 3.8) is 0 Å². The second-order valence-corrected chi connectivity index (χ2v) is 41.7. The van der Waals surface area contributed by atoms with Gasteiger partial charge in [0, 0.05) is 104 Å². The van der Waals surface area contributed by atoms with Crippen molar-refractivity contribution in [2.75, 3.05) is 26.4 Å². The molecule has 0 aliphatic heterocycles. The van der Waals surface area contributed by atoms with E-state index in [2.05, 4.69) is 27.7 Å². The first-order chi connectivity index (χ1) is 62.4. The van der Waals surface area contributed by atoms with Gasteiger partial charge in [-0.3, -0.25) is 0 Å². The van der Waals surface area contributed by atoms with E-state index in [9.17, 15) is 60.0 Å². The predicted molar refractivity (Wildman–Crippen MR) is 480 cm³/mol. The molecule has 20 heteroatoms. The molecule has 0 aromatic heterocycles. The predicted octanol–water partition coefficient (Wildman–Crippen LogP) is 20.9. The number of rotatable bonds is 24. The van der Waals surface area contributed by atoms with Crippen LogP contribution in [-0.4, -0.2) is 114 Å². The lowest BCUT2D eigenvalue weighted by atomic mass is 9.49. The Morgan fingerprint density at radius 1 is 0.287 bits per heavy atom. The normalized spacial score (nSPS) is 33.5. The number of phenols is 8.